The van der Waals surface area contributed by atoms with Crippen molar-refractivity contribution < 1.29 is 9.53 Å². The fraction of sp³-hybridized carbons (Fsp3) is 0.696. The van der Waals surface area contributed by atoms with Gasteiger partial charge in [-0.2, -0.15) is 0 Å². The topological polar surface area (TPSA) is 53.6 Å². The molecule has 3 heterocycles. The van der Waals surface area contributed by atoms with Crippen LogP contribution >= 0.6 is 0 Å². The third-order valence-electron chi connectivity index (χ3n) is 6.87. The first-order valence-electron chi connectivity index (χ1n) is 11.1. The minimum absolute atomic E-state index is 0.224. The molecule has 1 amide bonds. The van der Waals surface area contributed by atoms with Crippen LogP contribution < -0.4 is 15.4 Å². The second-order valence-corrected chi connectivity index (χ2v) is 8.87. The number of piperidine rings is 2. The summed E-state index contributed by atoms with van der Waals surface area (Å²) in [6.45, 7) is 2.93. The number of methoxy groups -OCH3 is 1. The molecule has 4 rings (SSSR count). The Balaban J connectivity index is 1.35. The molecule has 2 N–H and O–H groups in total. The highest BCUT2D eigenvalue weighted by Crippen LogP contribution is 2.32. The number of carbonyl (C=O) groups excluding carboxylic acids is 1. The molecule has 0 spiro atoms. The zero-order valence-electron chi connectivity index (χ0n) is 17.2. The van der Waals surface area contributed by atoms with Gasteiger partial charge in [-0.15, -0.1) is 0 Å². The predicted octanol–water partition coefficient (Wildman–Crippen LogP) is 3.26. The molecule has 3 aliphatic rings. The molecule has 154 valence electrons. The number of ether oxygens (including phenoxy) is 1. The number of hydrogen-bond donors (Lipinski definition) is 2. The lowest BCUT2D eigenvalue weighted by Gasteiger charge is -2.35. The standard InChI is InChI=1S/C23H35N3O2/c1-28-21-9-5-18(6-10-21)22(26-11-3-2-4-12-26)16-24-23(27)15-17-13-19-7-8-20(14-17)25-19/h5-6,9-10,17,19-20,22,25H,2-4,7-8,11-16H2,1H3,(H,24,27). The largest absolute Gasteiger partial charge is 0.497 e. The Morgan fingerprint density at radius 1 is 1.14 bits per heavy atom. The number of nitrogens with zero attached hydrogens (tertiary/aromatic N) is 1. The molecule has 3 atom stereocenters. The summed E-state index contributed by atoms with van der Waals surface area (Å²) < 4.78 is 5.31. The van der Waals surface area contributed by atoms with Crippen molar-refractivity contribution in [2.24, 2.45) is 5.92 Å². The van der Waals surface area contributed by atoms with Crippen LogP contribution in [-0.2, 0) is 4.79 Å². The zero-order valence-corrected chi connectivity index (χ0v) is 17.2. The molecule has 3 fully saturated rings. The van der Waals surface area contributed by atoms with Crippen molar-refractivity contribution in [1.82, 2.24) is 15.5 Å². The van der Waals surface area contributed by atoms with E-state index in [0.717, 1.165) is 31.7 Å². The molecule has 3 unspecified atom stereocenters. The van der Waals surface area contributed by atoms with E-state index in [1.165, 1.54) is 37.7 Å². The van der Waals surface area contributed by atoms with Gasteiger partial charge in [0.05, 0.1) is 13.2 Å². The third kappa shape index (κ3) is 4.87. The summed E-state index contributed by atoms with van der Waals surface area (Å²) >= 11 is 0. The first-order valence-corrected chi connectivity index (χ1v) is 11.1. The summed E-state index contributed by atoms with van der Waals surface area (Å²) in [4.78, 5) is 15.2. The maximum atomic E-state index is 12.7. The van der Waals surface area contributed by atoms with Crippen molar-refractivity contribution in [2.75, 3.05) is 26.7 Å². The molecule has 5 heteroatoms. The average molecular weight is 386 g/mol. The molecule has 3 aliphatic heterocycles. The van der Waals surface area contributed by atoms with Crippen molar-refractivity contribution >= 4 is 5.91 Å². The molecule has 0 aliphatic carbocycles. The summed E-state index contributed by atoms with van der Waals surface area (Å²) in [5.74, 6) is 1.65. The smallest absolute Gasteiger partial charge is 0.220 e. The lowest BCUT2D eigenvalue weighted by molar-refractivity contribution is -0.122. The Hall–Kier alpha value is -1.59. The van der Waals surface area contributed by atoms with Crippen molar-refractivity contribution in [3.8, 4) is 5.75 Å². The Labute approximate surface area is 169 Å². The fourth-order valence-corrected chi connectivity index (χ4v) is 5.40. The van der Waals surface area contributed by atoms with Gasteiger partial charge < -0.3 is 15.4 Å². The van der Waals surface area contributed by atoms with Crippen LogP contribution in [0.2, 0.25) is 0 Å². The highest BCUT2D eigenvalue weighted by atomic mass is 16.5. The molecule has 28 heavy (non-hydrogen) atoms. The number of rotatable bonds is 7. The SMILES string of the molecule is COc1ccc(C(CNC(=O)CC2CC3CCC(C2)N3)N2CCCCC2)cc1. The molecule has 5 nitrogen and oxygen atoms in total. The molecule has 2 bridgehead atoms. The molecular formula is C23H35N3O2. The van der Waals surface area contributed by atoms with Crippen molar-refractivity contribution in [1.29, 1.82) is 0 Å². The van der Waals surface area contributed by atoms with Crippen molar-refractivity contribution in [3.63, 3.8) is 0 Å². The monoisotopic (exact) mass is 385 g/mol. The van der Waals surface area contributed by atoms with Crippen LogP contribution in [0.15, 0.2) is 24.3 Å². The van der Waals surface area contributed by atoms with Crippen LogP contribution in [0.4, 0.5) is 0 Å². The zero-order chi connectivity index (χ0) is 19.3. The van der Waals surface area contributed by atoms with E-state index in [1.54, 1.807) is 7.11 Å². The van der Waals surface area contributed by atoms with Crippen molar-refractivity contribution in [3.05, 3.63) is 29.8 Å². The maximum Gasteiger partial charge on any atom is 0.220 e. The highest BCUT2D eigenvalue weighted by Gasteiger charge is 2.34. The van der Waals surface area contributed by atoms with E-state index in [0.29, 0.717) is 31.0 Å². The quantitative estimate of drug-likeness (QED) is 0.756. The van der Waals surface area contributed by atoms with E-state index in [9.17, 15) is 4.79 Å². The van der Waals surface area contributed by atoms with Gasteiger partial charge in [-0.25, -0.2) is 0 Å². The van der Waals surface area contributed by atoms with E-state index in [4.69, 9.17) is 4.74 Å². The minimum atomic E-state index is 0.224. The Kier molecular flexibility index (Phi) is 6.53. The second-order valence-electron chi connectivity index (χ2n) is 8.87. The first-order chi connectivity index (χ1) is 13.7. The number of carbonyl (C=O) groups is 1. The van der Waals surface area contributed by atoms with Crippen LogP contribution in [0.1, 0.15) is 63.0 Å². The molecule has 1 aromatic rings. The highest BCUT2D eigenvalue weighted by molar-refractivity contribution is 5.76. The van der Waals surface area contributed by atoms with E-state index >= 15 is 0 Å². The van der Waals surface area contributed by atoms with Gasteiger partial charge >= 0.3 is 0 Å². The Morgan fingerprint density at radius 2 is 1.82 bits per heavy atom. The molecular weight excluding hydrogens is 350 g/mol. The Morgan fingerprint density at radius 3 is 2.46 bits per heavy atom. The normalized spacial score (nSPS) is 28.7. The van der Waals surface area contributed by atoms with Gasteiger partial charge in [-0.05, 0) is 75.2 Å². The number of hydrogen-bond acceptors (Lipinski definition) is 4. The van der Waals surface area contributed by atoms with Crippen molar-refractivity contribution in [2.45, 2.75) is 69.5 Å². The number of likely N-dealkylation sites (tertiary alicyclic amines) is 1. The summed E-state index contributed by atoms with van der Waals surface area (Å²) in [7, 11) is 1.70. The second kappa shape index (κ2) is 9.27. The van der Waals surface area contributed by atoms with Gasteiger partial charge in [0.15, 0.2) is 0 Å². The van der Waals surface area contributed by atoms with Crippen LogP contribution in [-0.4, -0.2) is 49.6 Å². The van der Waals surface area contributed by atoms with E-state index in [-0.39, 0.29) is 11.9 Å². The number of fused-ring (bicyclic) bond motifs is 2. The van der Waals surface area contributed by atoms with Crippen LogP contribution in [0.5, 0.6) is 5.75 Å². The lowest BCUT2D eigenvalue weighted by Crippen LogP contribution is -2.42. The maximum absolute atomic E-state index is 12.7. The number of amides is 1. The molecule has 0 aromatic heterocycles. The molecule has 1 aromatic carbocycles. The summed E-state index contributed by atoms with van der Waals surface area (Å²) in [6, 6.07) is 9.90. The van der Waals surface area contributed by atoms with Crippen LogP contribution in [0.3, 0.4) is 0 Å². The first kappa shape index (κ1) is 19.7. The van der Waals surface area contributed by atoms with Gasteiger partial charge in [0.25, 0.3) is 0 Å². The molecule has 0 radical (unpaired) electrons. The van der Waals surface area contributed by atoms with Gasteiger partial charge in [0.2, 0.25) is 5.91 Å². The minimum Gasteiger partial charge on any atom is -0.497 e. The van der Waals surface area contributed by atoms with Gasteiger partial charge in [0.1, 0.15) is 5.75 Å². The number of benzene rings is 1. The molecule has 0 saturated carbocycles. The summed E-state index contributed by atoms with van der Waals surface area (Å²) in [5.41, 5.74) is 1.27. The van der Waals surface area contributed by atoms with E-state index in [2.05, 4.69) is 27.7 Å². The summed E-state index contributed by atoms with van der Waals surface area (Å²) in [5, 5.41) is 6.94. The van der Waals surface area contributed by atoms with Gasteiger partial charge in [0, 0.05) is 25.0 Å². The van der Waals surface area contributed by atoms with E-state index < -0.39 is 0 Å². The van der Waals surface area contributed by atoms with E-state index in [1.807, 2.05) is 12.1 Å². The number of nitrogens with one attached hydrogen (secondary N) is 2. The van der Waals surface area contributed by atoms with Crippen LogP contribution in [0, 0.1) is 5.92 Å². The lowest BCUT2D eigenvalue weighted by atomic mass is 9.89. The third-order valence-corrected chi connectivity index (χ3v) is 6.87. The van der Waals surface area contributed by atoms with Gasteiger partial charge in [-0.3, -0.25) is 9.69 Å². The fourth-order valence-electron chi connectivity index (χ4n) is 5.40. The molecule has 3 saturated heterocycles. The van der Waals surface area contributed by atoms with Crippen LogP contribution in [0.25, 0.3) is 0 Å². The predicted molar refractivity (Wildman–Crippen MR) is 111 cm³/mol. The summed E-state index contributed by atoms with van der Waals surface area (Å²) in [6.07, 6.45) is 9.40. The average Bonchev–Trinajstić information content (AvgIpc) is 3.07. The van der Waals surface area contributed by atoms with Gasteiger partial charge in [-0.1, -0.05) is 18.6 Å². The Bertz CT molecular complexity index is 630.